The Morgan fingerprint density at radius 3 is 2.46 bits per heavy atom. The first-order valence-electron chi connectivity index (χ1n) is 7.14. The zero-order valence-electron chi connectivity index (χ0n) is 12.9. The Hall–Kier alpha value is -2.24. The molecule has 0 radical (unpaired) electrons. The second-order valence-corrected chi connectivity index (χ2v) is 5.83. The molecule has 0 bridgehead atoms. The van der Waals surface area contributed by atoms with E-state index >= 15 is 0 Å². The number of methoxy groups -OCH3 is 1. The van der Waals surface area contributed by atoms with Gasteiger partial charge in [-0.15, -0.1) is 0 Å². The van der Waals surface area contributed by atoms with Gasteiger partial charge >= 0.3 is 12.0 Å². The van der Waals surface area contributed by atoms with E-state index in [1.807, 2.05) is 30.3 Å². The van der Waals surface area contributed by atoms with Crippen molar-refractivity contribution in [2.45, 2.75) is 12.5 Å². The first kappa shape index (κ1) is 18.1. The highest BCUT2D eigenvalue weighted by Gasteiger charge is 2.22. The number of rotatable bonds is 5. The van der Waals surface area contributed by atoms with Crippen LogP contribution in [0.4, 0.5) is 10.5 Å². The van der Waals surface area contributed by atoms with Crippen molar-refractivity contribution in [3.63, 3.8) is 0 Å². The van der Waals surface area contributed by atoms with Crippen LogP contribution in [0.5, 0.6) is 0 Å². The van der Waals surface area contributed by atoms with E-state index in [9.17, 15) is 9.59 Å². The number of amides is 2. The largest absolute Gasteiger partial charge is 0.467 e. The van der Waals surface area contributed by atoms with Gasteiger partial charge in [0.2, 0.25) is 0 Å². The number of hydrogen-bond acceptors (Lipinski definition) is 3. The van der Waals surface area contributed by atoms with E-state index in [2.05, 4.69) is 10.6 Å². The maximum Gasteiger partial charge on any atom is 0.328 e. The molecule has 0 spiro atoms. The quantitative estimate of drug-likeness (QED) is 0.788. The van der Waals surface area contributed by atoms with Crippen LogP contribution in [0.15, 0.2) is 48.5 Å². The van der Waals surface area contributed by atoms with Gasteiger partial charge < -0.3 is 15.4 Å². The highest BCUT2D eigenvalue weighted by Crippen LogP contribution is 2.25. The fraction of sp³-hybridized carbons (Fsp3) is 0.176. The SMILES string of the molecule is COC(=O)C(Cc1ccccc1)NC(=O)Nc1ccc(Cl)cc1Cl. The van der Waals surface area contributed by atoms with Gasteiger partial charge in [-0.05, 0) is 23.8 Å². The minimum atomic E-state index is -0.816. The molecule has 0 saturated heterocycles. The van der Waals surface area contributed by atoms with Crippen LogP contribution in [-0.4, -0.2) is 25.2 Å². The highest BCUT2D eigenvalue weighted by atomic mass is 35.5. The number of halogens is 2. The number of carbonyl (C=O) groups is 2. The highest BCUT2D eigenvalue weighted by molar-refractivity contribution is 6.36. The lowest BCUT2D eigenvalue weighted by Gasteiger charge is -2.17. The first-order valence-corrected chi connectivity index (χ1v) is 7.89. The average molecular weight is 367 g/mol. The molecule has 0 fully saturated rings. The first-order chi connectivity index (χ1) is 11.5. The molecule has 2 N–H and O–H groups in total. The summed E-state index contributed by atoms with van der Waals surface area (Å²) in [6.07, 6.45) is 0.315. The monoisotopic (exact) mass is 366 g/mol. The Kier molecular flexibility index (Phi) is 6.46. The standard InChI is InChI=1S/C17H16Cl2N2O3/c1-24-16(22)15(9-11-5-3-2-4-6-11)21-17(23)20-14-8-7-12(18)10-13(14)19/h2-8,10,15H,9H2,1H3,(H2,20,21,23). The Labute approximate surface area is 149 Å². The van der Waals surface area contributed by atoms with Crippen molar-refractivity contribution in [3.05, 3.63) is 64.1 Å². The van der Waals surface area contributed by atoms with E-state index in [-0.39, 0.29) is 0 Å². The van der Waals surface area contributed by atoms with E-state index in [1.165, 1.54) is 13.2 Å². The second-order valence-electron chi connectivity index (χ2n) is 4.99. The van der Waals surface area contributed by atoms with Crippen molar-refractivity contribution in [1.82, 2.24) is 5.32 Å². The van der Waals surface area contributed by atoms with Crippen molar-refractivity contribution in [1.29, 1.82) is 0 Å². The summed E-state index contributed by atoms with van der Waals surface area (Å²) >= 11 is 11.8. The average Bonchev–Trinajstić information content (AvgIpc) is 2.57. The molecule has 2 aromatic carbocycles. The van der Waals surface area contributed by atoms with Gasteiger partial charge in [0.1, 0.15) is 6.04 Å². The third-order valence-electron chi connectivity index (χ3n) is 3.25. The summed E-state index contributed by atoms with van der Waals surface area (Å²) in [7, 11) is 1.27. The van der Waals surface area contributed by atoms with Gasteiger partial charge in [0.15, 0.2) is 0 Å². The zero-order chi connectivity index (χ0) is 17.5. The molecule has 0 aromatic heterocycles. The molecule has 1 atom stereocenters. The summed E-state index contributed by atoms with van der Waals surface area (Å²) in [6, 6.07) is 12.6. The van der Waals surface area contributed by atoms with Crippen molar-refractivity contribution in [2.24, 2.45) is 0 Å². The van der Waals surface area contributed by atoms with Crippen LogP contribution in [-0.2, 0) is 16.0 Å². The number of esters is 1. The van der Waals surface area contributed by atoms with E-state index in [0.717, 1.165) is 5.56 Å². The molecule has 1 unspecified atom stereocenters. The van der Waals surface area contributed by atoms with E-state index in [0.29, 0.717) is 22.2 Å². The Morgan fingerprint density at radius 2 is 1.83 bits per heavy atom. The number of anilines is 1. The van der Waals surface area contributed by atoms with Crippen LogP contribution in [0.3, 0.4) is 0 Å². The molecule has 0 aliphatic heterocycles. The Morgan fingerprint density at radius 1 is 1.12 bits per heavy atom. The lowest BCUT2D eigenvalue weighted by atomic mass is 10.1. The minimum absolute atomic E-state index is 0.301. The summed E-state index contributed by atoms with van der Waals surface area (Å²) in [5, 5.41) is 5.94. The second kappa shape index (κ2) is 8.57. The summed E-state index contributed by atoms with van der Waals surface area (Å²) < 4.78 is 4.75. The van der Waals surface area contributed by atoms with Crippen LogP contribution >= 0.6 is 23.2 Å². The van der Waals surface area contributed by atoms with Crippen molar-refractivity contribution < 1.29 is 14.3 Å². The van der Waals surface area contributed by atoms with Crippen LogP contribution in [0.2, 0.25) is 10.0 Å². The summed E-state index contributed by atoms with van der Waals surface area (Å²) in [5.41, 5.74) is 1.29. The normalized spacial score (nSPS) is 11.5. The lowest BCUT2D eigenvalue weighted by molar-refractivity contribution is -0.142. The molecular formula is C17H16Cl2N2O3. The summed E-state index contributed by atoms with van der Waals surface area (Å²) in [6.45, 7) is 0. The van der Waals surface area contributed by atoms with Gasteiger partial charge in [0.25, 0.3) is 0 Å². The lowest BCUT2D eigenvalue weighted by Crippen LogP contribution is -2.45. The number of ether oxygens (including phenoxy) is 1. The van der Waals surface area contributed by atoms with Crippen LogP contribution in [0, 0.1) is 0 Å². The molecule has 2 rings (SSSR count). The third-order valence-corrected chi connectivity index (χ3v) is 3.80. The maximum absolute atomic E-state index is 12.1. The van der Waals surface area contributed by atoms with Gasteiger partial charge in [0.05, 0.1) is 17.8 Å². The smallest absolute Gasteiger partial charge is 0.328 e. The van der Waals surface area contributed by atoms with E-state index in [1.54, 1.807) is 12.1 Å². The predicted molar refractivity (Wildman–Crippen MR) is 94.6 cm³/mol. The predicted octanol–water partition coefficient (Wildman–Crippen LogP) is 3.90. The fourth-order valence-electron chi connectivity index (χ4n) is 2.09. The Balaban J connectivity index is 2.05. The summed E-state index contributed by atoms with van der Waals surface area (Å²) in [4.78, 5) is 24.1. The molecule has 24 heavy (non-hydrogen) atoms. The molecular weight excluding hydrogens is 351 g/mol. The van der Waals surface area contributed by atoms with Gasteiger partial charge in [-0.2, -0.15) is 0 Å². The number of urea groups is 1. The third kappa shape index (κ3) is 5.15. The number of hydrogen-bond donors (Lipinski definition) is 2. The van der Waals surface area contributed by atoms with Crippen molar-refractivity contribution in [2.75, 3.05) is 12.4 Å². The van der Waals surface area contributed by atoms with E-state index in [4.69, 9.17) is 27.9 Å². The molecule has 126 valence electrons. The molecule has 0 aliphatic carbocycles. The molecule has 2 amide bonds. The zero-order valence-corrected chi connectivity index (χ0v) is 14.4. The van der Waals surface area contributed by atoms with Gasteiger partial charge in [-0.25, -0.2) is 9.59 Å². The summed E-state index contributed by atoms with van der Waals surface area (Å²) in [5.74, 6) is -0.531. The number of carbonyl (C=O) groups excluding carboxylic acids is 2. The van der Waals surface area contributed by atoms with Gasteiger partial charge in [0, 0.05) is 11.4 Å². The van der Waals surface area contributed by atoms with Gasteiger partial charge in [-0.1, -0.05) is 53.5 Å². The fourth-order valence-corrected chi connectivity index (χ4v) is 2.55. The molecule has 2 aromatic rings. The van der Waals surface area contributed by atoms with Gasteiger partial charge in [-0.3, -0.25) is 0 Å². The van der Waals surface area contributed by atoms with Crippen molar-refractivity contribution >= 4 is 40.9 Å². The molecule has 0 heterocycles. The number of benzene rings is 2. The maximum atomic E-state index is 12.1. The molecule has 5 nitrogen and oxygen atoms in total. The van der Waals surface area contributed by atoms with E-state index < -0.39 is 18.0 Å². The molecule has 0 aliphatic rings. The van der Waals surface area contributed by atoms with Crippen LogP contribution < -0.4 is 10.6 Å². The number of nitrogens with one attached hydrogen (secondary N) is 2. The van der Waals surface area contributed by atoms with Crippen LogP contribution in [0.25, 0.3) is 0 Å². The van der Waals surface area contributed by atoms with Crippen LogP contribution in [0.1, 0.15) is 5.56 Å². The molecule has 7 heteroatoms. The minimum Gasteiger partial charge on any atom is -0.467 e. The topological polar surface area (TPSA) is 67.4 Å². The van der Waals surface area contributed by atoms with Crippen molar-refractivity contribution in [3.8, 4) is 0 Å². The molecule has 0 saturated carbocycles. The Bertz CT molecular complexity index is 723.